The van der Waals surface area contributed by atoms with E-state index in [0.29, 0.717) is 0 Å². The second-order valence-electron chi connectivity index (χ2n) is 3.81. The van der Waals surface area contributed by atoms with Crippen molar-refractivity contribution in [2.75, 3.05) is 6.54 Å². The quantitative estimate of drug-likeness (QED) is 0.579. The molecule has 1 rings (SSSR count). The van der Waals surface area contributed by atoms with Gasteiger partial charge in [-0.3, -0.25) is 4.79 Å². The van der Waals surface area contributed by atoms with Gasteiger partial charge in [0.15, 0.2) is 0 Å². The number of rotatable bonds is 5. The Balaban J connectivity index is 2.27. The number of hydrogen-bond acceptors (Lipinski definition) is 1. The fraction of sp³-hybridized carbons (Fsp3) is 0.700. The number of amides is 1. The van der Waals surface area contributed by atoms with E-state index in [-0.39, 0.29) is 12.3 Å². The fourth-order valence-corrected chi connectivity index (χ4v) is 1.47. The third-order valence-electron chi connectivity index (χ3n) is 2.40. The first-order chi connectivity index (χ1) is 7.42. The zero-order chi connectivity index (χ0) is 12.2. The molecule has 1 atom stereocenters. The molecule has 0 unspecified atom stereocenters. The van der Waals surface area contributed by atoms with Gasteiger partial charge in [-0.05, 0) is 18.8 Å². The molecule has 1 aliphatic rings. The minimum atomic E-state index is -4.15. The molecule has 0 aromatic rings. The molecule has 0 saturated carbocycles. The van der Waals surface area contributed by atoms with Crippen molar-refractivity contribution in [2.45, 2.75) is 31.6 Å². The van der Waals surface area contributed by atoms with Crippen molar-refractivity contribution < 1.29 is 22.4 Å². The van der Waals surface area contributed by atoms with Crippen molar-refractivity contribution in [2.24, 2.45) is 5.92 Å². The molecule has 16 heavy (non-hydrogen) atoms. The van der Waals surface area contributed by atoms with Crippen LogP contribution >= 0.6 is 0 Å². The monoisotopic (exact) mass is 239 g/mol. The number of allylic oxidation sites excluding steroid dienone is 2. The van der Waals surface area contributed by atoms with Crippen LogP contribution < -0.4 is 5.32 Å². The molecular formula is C10H13F4NO. The van der Waals surface area contributed by atoms with Crippen LogP contribution in [0.5, 0.6) is 0 Å². The molecule has 92 valence electrons. The fourth-order valence-electron chi connectivity index (χ4n) is 1.47. The number of hydrogen-bond donors (Lipinski definition) is 1. The zero-order valence-electron chi connectivity index (χ0n) is 8.56. The Bertz CT molecular complexity index is 278. The van der Waals surface area contributed by atoms with Gasteiger partial charge in [0.1, 0.15) is 0 Å². The van der Waals surface area contributed by atoms with E-state index < -0.39 is 24.8 Å². The molecule has 0 bridgehead atoms. The summed E-state index contributed by atoms with van der Waals surface area (Å²) < 4.78 is 48.4. The van der Waals surface area contributed by atoms with Crippen LogP contribution in [0.15, 0.2) is 12.2 Å². The number of carbonyl (C=O) groups excluding carboxylic acids is 1. The zero-order valence-corrected chi connectivity index (χ0v) is 8.56. The smallest absolute Gasteiger partial charge is 0.324 e. The van der Waals surface area contributed by atoms with E-state index in [2.05, 4.69) is 0 Å². The van der Waals surface area contributed by atoms with Gasteiger partial charge in [0, 0.05) is 6.42 Å². The van der Waals surface area contributed by atoms with Crippen LogP contribution in [-0.4, -0.2) is 24.8 Å². The van der Waals surface area contributed by atoms with E-state index in [1.54, 1.807) is 0 Å². The molecule has 6 heteroatoms. The van der Waals surface area contributed by atoms with Crippen LogP contribution in [-0.2, 0) is 4.79 Å². The second kappa shape index (κ2) is 5.32. The summed E-state index contributed by atoms with van der Waals surface area (Å²) in [5.74, 6) is -4.72. The molecule has 0 spiro atoms. The first kappa shape index (κ1) is 13.0. The highest BCUT2D eigenvalue weighted by Gasteiger charge is 2.40. The van der Waals surface area contributed by atoms with Gasteiger partial charge in [-0.2, -0.15) is 8.78 Å². The van der Waals surface area contributed by atoms with Gasteiger partial charge in [-0.15, -0.1) is 0 Å². The molecule has 0 radical (unpaired) electrons. The van der Waals surface area contributed by atoms with Crippen LogP contribution in [0, 0.1) is 5.92 Å². The molecule has 0 aromatic carbocycles. The highest BCUT2D eigenvalue weighted by Crippen LogP contribution is 2.22. The minimum absolute atomic E-state index is 0.0418. The number of carbonyl (C=O) groups is 1. The predicted octanol–water partition coefficient (Wildman–Crippen LogP) is 2.36. The van der Waals surface area contributed by atoms with Gasteiger partial charge in [0.25, 0.3) is 0 Å². The van der Waals surface area contributed by atoms with Crippen molar-refractivity contribution in [3.05, 3.63) is 12.2 Å². The Morgan fingerprint density at radius 1 is 1.50 bits per heavy atom. The molecule has 0 saturated heterocycles. The average molecular weight is 239 g/mol. The second-order valence-corrected chi connectivity index (χ2v) is 3.81. The maximum absolute atomic E-state index is 12.4. The molecule has 1 aliphatic carbocycles. The van der Waals surface area contributed by atoms with E-state index >= 15 is 0 Å². The van der Waals surface area contributed by atoms with Crippen molar-refractivity contribution in [1.29, 1.82) is 0 Å². The normalized spacial score (nSPS) is 20.4. The number of alkyl halides is 4. The number of halogens is 4. The average Bonchev–Trinajstić information content (AvgIpc) is 2.67. The molecule has 0 aromatic heterocycles. The van der Waals surface area contributed by atoms with Crippen molar-refractivity contribution in [1.82, 2.24) is 5.32 Å². The molecule has 1 N–H and O–H groups in total. The first-order valence-corrected chi connectivity index (χ1v) is 5.01. The predicted molar refractivity (Wildman–Crippen MR) is 50.4 cm³/mol. The van der Waals surface area contributed by atoms with Crippen LogP contribution in [0.3, 0.4) is 0 Å². The molecule has 0 fully saturated rings. The van der Waals surface area contributed by atoms with Crippen LogP contribution in [0.25, 0.3) is 0 Å². The van der Waals surface area contributed by atoms with Crippen molar-refractivity contribution in [3.8, 4) is 0 Å². The third kappa shape index (κ3) is 3.83. The summed E-state index contributed by atoms with van der Waals surface area (Å²) in [5.41, 5.74) is 0. The summed E-state index contributed by atoms with van der Waals surface area (Å²) in [6.07, 6.45) is 1.75. The van der Waals surface area contributed by atoms with E-state index in [4.69, 9.17) is 0 Å². The maximum atomic E-state index is 12.4. The minimum Gasteiger partial charge on any atom is -0.350 e. The highest BCUT2D eigenvalue weighted by atomic mass is 19.3. The van der Waals surface area contributed by atoms with Gasteiger partial charge in [0.2, 0.25) is 5.91 Å². The largest absolute Gasteiger partial charge is 0.350 e. The van der Waals surface area contributed by atoms with E-state index in [1.807, 2.05) is 17.5 Å². The lowest BCUT2D eigenvalue weighted by Crippen LogP contribution is -2.41. The third-order valence-corrected chi connectivity index (χ3v) is 2.40. The lowest BCUT2D eigenvalue weighted by Gasteiger charge is -2.16. The first-order valence-electron chi connectivity index (χ1n) is 5.01. The summed E-state index contributed by atoms with van der Waals surface area (Å²) in [4.78, 5) is 11.1. The molecule has 0 aliphatic heterocycles. The van der Waals surface area contributed by atoms with E-state index in [9.17, 15) is 22.4 Å². The van der Waals surface area contributed by atoms with Crippen LogP contribution in [0.1, 0.15) is 19.3 Å². The lowest BCUT2D eigenvalue weighted by molar-refractivity contribution is -0.136. The Morgan fingerprint density at radius 2 is 2.19 bits per heavy atom. The Labute approximate surface area is 90.7 Å². The topological polar surface area (TPSA) is 29.1 Å². The van der Waals surface area contributed by atoms with Gasteiger partial charge in [0.05, 0.1) is 6.54 Å². The van der Waals surface area contributed by atoms with Crippen LogP contribution in [0.4, 0.5) is 17.6 Å². The number of nitrogens with one attached hydrogen (secondary N) is 1. The van der Waals surface area contributed by atoms with Crippen molar-refractivity contribution >= 4 is 5.91 Å². The van der Waals surface area contributed by atoms with Gasteiger partial charge < -0.3 is 5.32 Å². The van der Waals surface area contributed by atoms with Gasteiger partial charge in [-0.1, -0.05) is 12.2 Å². The van der Waals surface area contributed by atoms with Gasteiger partial charge in [-0.25, -0.2) is 8.78 Å². The Hall–Kier alpha value is -1.07. The van der Waals surface area contributed by atoms with Gasteiger partial charge >= 0.3 is 12.3 Å². The summed E-state index contributed by atoms with van der Waals surface area (Å²) in [6.45, 7) is -1.31. The van der Waals surface area contributed by atoms with Crippen LogP contribution in [0.2, 0.25) is 0 Å². The maximum Gasteiger partial charge on any atom is 0.324 e. The Kier molecular flexibility index (Phi) is 4.32. The summed E-state index contributed by atoms with van der Waals surface area (Å²) in [5, 5.41) is 1.83. The highest BCUT2D eigenvalue weighted by molar-refractivity contribution is 5.76. The van der Waals surface area contributed by atoms with E-state index in [1.165, 1.54) is 0 Å². The van der Waals surface area contributed by atoms with Crippen molar-refractivity contribution in [3.63, 3.8) is 0 Å². The lowest BCUT2D eigenvalue weighted by atomic mass is 10.1. The molecule has 1 amide bonds. The summed E-state index contributed by atoms with van der Waals surface area (Å²) >= 11 is 0. The standard InChI is InChI=1S/C10H13F4NO/c11-9(12)10(13,14)6-15-8(16)5-7-3-1-2-4-7/h1,3,7,9H,2,4-6H2,(H,15,16)/t7-/m0/s1. The summed E-state index contributed by atoms with van der Waals surface area (Å²) in [7, 11) is 0. The molecule has 0 heterocycles. The Morgan fingerprint density at radius 3 is 2.69 bits per heavy atom. The molecule has 2 nitrogen and oxygen atoms in total. The summed E-state index contributed by atoms with van der Waals surface area (Å²) in [6, 6.07) is 0. The molecular weight excluding hydrogens is 226 g/mol. The van der Waals surface area contributed by atoms with E-state index in [0.717, 1.165) is 12.8 Å². The SMILES string of the molecule is O=C(C[C@H]1C=CCC1)NCC(F)(F)C(F)F.